The van der Waals surface area contributed by atoms with E-state index in [4.69, 9.17) is 5.73 Å². The Kier molecular flexibility index (Phi) is 2.41. The molecule has 3 heteroatoms. The predicted molar refractivity (Wildman–Crippen MR) is 56.8 cm³/mol. The first-order chi connectivity index (χ1) is 6.81. The number of rotatable bonds is 2. The van der Waals surface area contributed by atoms with Gasteiger partial charge in [-0.3, -0.25) is 4.98 Å². The molecule has 2 heterocycles. The van der Waals surface area contributed by atoms with Crippen LogP contribution in [0.3, 0.4) is 0 Å². The van der Waals surface area contributed by atoms with Gasteiger partial charge >= 0.3 is 0 Å². The van der Waals surface area contributed by atoms with E-state index in [9.17, 15) is 0 Å². The monoisotopic (exact) mass is 187 g/mol. The van der Waals surface area contributed by atoms with Crippen molar-refractivity contribution in [1.82, 2.24) is 9.97 Å². The summed E-state index contributed by atoms with van der Waals surface area (Å²) in [6.07, 6.45) is 2.67. The van der Waals surface area contributed by atoms with E-state index < -0.39 is 0 Å². The number of nitrogens with zero attached hydrogens (tertiary/aromatic N) is 2. The van der Waals surface area contributed by atoms with Crippen LogP contribution in [0.4, 0.5) is 0 Å². The van der Waals surface area contributed by atoms with Gasteiger partial charge in [0.1, 0.15) is 0 Å². The first-order valence-corrected chi connectivity index (χ1v) is 4.78. The summed E-state index contributed by atoms with van der Waals surface area (Å²) in [6, 6.07) is 7.78. The van der Waals surface area contributed by atoms with Gasteiger partial charge in [-0.25, -0.2) is 4.98 Å². The van der Waals surface area contributed by atoms with E-state index in [0.717, 1.165) is 23.1 Å². The molecule has 0 radical (unpaired) electrons. The number of nitrogens with two attached hydrogens (primary N) is 1. The van der Waals surface area contributed by atoms with Crippen molar-refractivity contribution in [3.63, 3.8) is 0 Å². The molecular weight excluding hydrogens is 174 g/mol. The average molecular weight is 187 g/mol. The van der Waals surface area contributed by atoms with Gasteiger partial charge < -0.3 is 5.73 Å². The largest absolute Gasteiger partial charge is 0.323 e. The van der Waals surface area contributed by atoms with Gasteiger partial charge in [-0.1, -0.05) is 6.92 Å². The Bertz CT molecular complexity index is 439. The van der Waals surface area contributed by atoms with E-state index in [0.29, 0.717) is 0 Å². The molecule has 1 atom stereocenters. The molecule has 0 amide bonds. The van der Waals surface area contributed by atoms with Crippen LogP contribution in [0.15, 0.2) is 30.5 Å². The molecule has 0 unspecified atom stereocenters. The van der Waals surface area contributed by atoms with Crippen molar-refractivity contribution >= 4 is 11.0 Å². The lowest BCUT2D eigenvalue weighted by Crippen LogP contribution is -2.10. The second kappa shape index (κ2) is 3.72. The van der Waals surface area contributed by atoms with Crippen LogP contribution >= 0.6 is 0 Å². The van der Waals surface area contributed by atoms with Crippen molar-refractivity contribution in [2.75, 3.05) is 0 Å². The van der Waals surface area contributed by atoms with Gasteiger partial charge in [-0.2, -0.15) is 0 Å². The topological polar surface area (TPSA) is 51.8 Å². The summed E-state index contributed by atoms with van der Waals surface area (Å²) in [5, 5.41) is 0. The highest BCUT2D eigenvalue weighted by Crippen LogP contribution is 2.15. The van der Waals surface area contributed by atoms with Gasteiger partial charge in [0.25, 0.3) is 0 Å². The van der Waals surface area contributed by atoms with Crippen LogP contribution in [-0.4, -0.2) is 9.97 Å². The molecule has 0 aromatic carbocycles. The minimum absolute atomic E-state index is 0.0274. The third-order valence-corrected chi connectivity index (χ3v) is 2.30. The van der Waals surface area contributed by atoms with Crippen LogP contribution in [0.2, 0.25) is 0 Å². The Morgan fingerprint density at radius 1 is 1.29 bits per heavy atom. The lowest BCUT2D eigenvalue weighted by Gasteiger charge is -2.08. The normalized spacial score (nSPS) is 13.0. The highest BCUT2D eigenvalue weighted by molar-refractivity contribution is 5.73. The van der Waals surface area contributed by atoms with Gasteiger partial charge in [0.15, 0.2) is 0 Å². The summed E-state index contributed by atoms with van der Waals surface area (Å²) >= 11 is 0. The fourth-order valence-corrected chi connectivity index (χ4v) is 1.39. The van der Waals surface area contributed by atoms with Crippen LogP contribution in [0.25, 0.3) is 11.0 Å². The molecule has 0 aliphatic heterocycles. The summed E-state index contributed by atoms with van der Waals surface area (Å²) < 4.78 is 0. The molecule has 0 fully saturated rings. The number of pyridine rings is 2. The number of hydrogen-bond donors (Lipinski definition) is 1. The lowest BCUT2D eigenvalue weighted by molar-refractivity contribution is 0.678. The highest BCUT2D eigenvalue weighted by atomic mass is 14.8. The molecule has 72 valence electrons. The molecule has 2 aromatic heterocycles. The molecular formula is C11H13N3. The quantitative estimate of drug-likeness (QED) is 0.782. The van der Waals surface area contributed by atoms with E-state index in [2.05, 4.69) is 16.9 Å². The molecule has 2 aromatic rings. The first kappa shape index (κ1) is 9.09. The molecule has 0 aliphatic rings. The Hall–Kier alpha value is -1.48. The fourth-order valence-electron chi connectivity index (χ4n) is 1.39. The molecule has 0 saturated heterocycles. The van der Waals surface area contributed by atoms with Crippen molar-refractivity contribution in [1.29, 1.82) is 0 Å². The molecule has 2 N–H and O–H groups in total. The van der Waals surface area contributed by atoms with Gasteiger partial charge in [-0.15, -0.1) is 0 Å². The molecule has 0 aliphatic carbocycles. The Morgan fingerprint density at radius 3 is 2.93 bits per heavy atom. The van der Waals surface area contributed by atoms with Crippen molar-refractivity contribution in [3.8, 4) is 0 Å². The number of hydrogen-bond acceptors (Lipinski definition) is 3. The minimum Gasteiger partial charge on any atom is -0.323 e. The molecule has 2 rings (SSSR count). The second-order valence-electron chi connectivity index (χ2n) is 3.29. The summed E-state index contributed by atoms with van der Waals surface area (Å²) in [5.41, 5.74) is 8.67. The SMILES string of the molecule is CC[C@@H](N)c1ccc2ncccc2n1. The highest BCUT2D eigenvalue weighted by Gasteiger charge is 2.05. The smallest absolute Gasteiger partial charge is 0.0890 e. The number of aromatic nitrogens is 2. The van der Waals surface area contributed by atoms with Crippen molar-refractivity contribution in [2.45, 2.75) is 19.4 Å². The lowest BCUT2D eigenvalue weighted by atomic mass is 10.1. The van der Waals surface area contributed by atoms with Gasteiger partial charge in [0, 0.05) is 12.2 Å². The standard InChI is InChI=1S/C11H13N3/c1-2-8(12)9-5-6-10-11(14-9)4-3-7-13-10/h3-8H,2,12H2,1H3/t8-/m1/s1. The molecule has 14 heavy (non-hydrogen) atoms. The van der Waals surface area contributed by atoms with Crippen LogP contribution < -0.4 is 5.73 Å². The zero-order valence-electron chi connectivity index (χ0n) is 8.14. The Labute approximate surface area is 83.0 Å². The maximum atomic E-state index is 5.90. The Morgan fingerprint density at radius 2 is 2.14 bits per heavy atom. The third kappa shape index (κ3) is 1.59. The van der Waals surface area contributed by atoms with Crippen molar-refractivity contribution in [3.05, 3.63) is 36.2 Å². The van der Waals surface area contributed by atoms with Crippen molar-refractivity contribution in [2.24, 2.45) is 5.73 Å². The maximum Gasteiger partial charge on any atom is 0.0890 e. The maximum absolute atomic E-state index is 5.90. The zero-order chi connectivity index (χ0) is 9.97. The van der Waals surface area contributed by atoms with E-state index in [-0.39, 0.29) is 6.04 Å². The fraction of sp³-hybridized carbons (Fsp3) is 0.273. The molecule has 0 spiro atoms. The minimum atomic E-state index is 0.0274. The van der Waals surface area contributed by atoms with Crippen LogP contribution in [0.1, 0.15) is 25.1 Å². The second-order valence-corrected chi connectivity index (χ2v) is 3.29. The Balaban J connectivity index is 2.51. The van der Waals surface area contributed by atoms with Crippen LogP contribution in [-0.2, 0) is 0 Å². The zero-order valence-corrected chi connectivity index (χ0v) is 8.14. The van der Waals surface area contributed by atoms with E-state index in [1.54, 1.807) is 6.20 Å². The van der Waals surface area contributed by atoms with Crippen LogP contribution in [0.5, 0.6) is 0 Å². The average Bonchev–Trinajstić information content (AvgIpc) is 2.27. The summed E-state index contributed by atoms with van der Waals surface area (Å²) in [6.45, 7) is 2.06. The summed E-state index contributed by atoms with van der Waals surface area (Å²) in [7, 11) is 0. The van der Waals surface area contributed by atoms with Gasteiger partial charge in [-0.05, 0) is 30.7 Å². The number of fused-ring (bicyclic) bond motifs is 1. The van der Waals surface area contributed by atoms with E-state index in [1.807, 2.05) is 24.3 Å². The molecule has 0 saturated carbocycles. The van der Waals surface area contributed by atoms with Gasteiger partial charge in [0.2, 0.25) is 0 Å². The van der Waals surface area contributed by atoms with Crippen LogP contribution in [0, 0.1) is 0 Å². The molecule has 0 bridgehead atoms. The predicted octanol–water partition coefficient (Wildman–Crippen LogP) is 2.04. The first-order valence-electron chi connectivity index (χ1n) is 4.78. The van der Waals surface area contributed by atoms with Crippen molar-refractivity contribution < 1.29 is 0 Å². The molecule has 3 nitrogen and oxygen atoms in total. The van der Waals surface area contributed by atoms with E-state index in [1.165, 1.54) is 0 Å². The van der Waals surface area contributed by atoms with E-state index >= 15 is 0 Å². The third-order valence-electron chi connectivity index (χ3n) is 2.30. The van der Waals surface area contributed by atoms with Gasteiger partial charge in [0.05, 0.1) is 16.7 Å². The summed E-state index contributed by atoms with van der Waals surface area (Å²) in [4.78, 5) is 8.66. The summed E-state index contributed by atoms with van der Waals surface area (Å²) in [5.74, 6) is 0.